The number of nitrogens with one attached hydrogen (secondary N) is 2. The van der Waals surface area contributed by atoms with E-state index in [0.717, 1.165) is 10.6 Å². The van der Waals surface area contributed by atoms with Crippen LogP contribution in [0.4, 0.5) is 17.1 Å². The van der Waals surface area contributed by atoms with E-state index < -0.39 is 10.1 Å². The number of anilines is 3. The highest BCUT2D eigenvalue weighted by molar-refractivity contribution is 7.85. The Bertz CT molecular complexity index is 975. The summed E-state index contributed by atoms with van der Waals surface area (Å²) >= 11 is 7.15. The molecule has 0 atom stereocenters. The zero-order chi connectivity index (χ0) is 17.9. The number of aromatic nitrogens is 1. The minimum Gasteiger partial charge on any atom is -0.378 e. The van der Waals surface area contributed by atoms with E-state index in [1.165, 1.54) is 23.5 Å². The fourth-order valence-electron chi connectivity index (χ4n) is 2.16. The third kappa shape index (κ3) is 4.70. The lowest BCUT2D eigenvalue weighted by Gasteiger charge is -2.14. The highest BCUT2D eigenvalue weighted by Gasteiger charge is 2.13. The molecule has 3 N–H and O–H groups in total. The maximum atomic E-state index is 11.4. The summed E-state index contributed by atoms with van der Waals surface area (Å²) in [6, 6.07) is 13.8. The van der Waals surface area contributed by atoms with Gasteiger partial charge >= 0.3 is 0 Å². The fourth-order valence-corrected chi connectivity index (χ4v) is 3.59. The summed E-state index contributed by atoms with van der Waals surface area (Å²) in [7, 11) is -4.29. The van der Waals surface area contributed by atoms with Crippen LogP contribution in [0, 0.1) is 0 Å². The first-order valence-electron chi connectivity index (χ1n) is 7.19. The van der Waals surface area contributed by atoms with E-state index >= 15 is 0 Å². The first-order chi connectivity index (χ1) is 11.9. The third-order valence-corrected chi connectivity index (χ3v) is 5.28. The van der Waals surface area contributed by atoms with E-state index in [1.54, 1.807) is 12.3 Å². The lowest BCUT2D eigenvalue weighted by Crippen LogP contribution is -2.05. The van der Waals surface area contributed by atoms with Crippen LogP contribution < -0.4 is 10.6 Å². The van der Waals surface area contributed by atoms with Crippen molar-refractivity contribution in [2.45, 2.75) is 11.4 Å². The van der Waals surface area contributed by atoms with Gasteiger partial charge in [-0.25, -0.2) is 4.98 Å². The van der Waals surface area contributed by atoms with Crippen molar-refractivity contribution in [1.29, 1.82) is 0 Å². The molecular weight excluding hydrogens is 382 g/mol. The lowest BCUT2D eigenvalue weighted by atomic mass is 10.2. The van der Waals surface area contributed by atoms with Gasteiger partial charge in [-0.2, -0.15) is 8.42 Å². The van der Waals surface area contributed by atoms with Gasteiger partial charge in [0, 0.05) is 16.8 Å². The van der Waals surface area contributed by atoms with E-state index in [1.807, 2.05) is 30.3 Å². The normalized spacial score (nSPS) is 11.3. The van der Waals surface area contributed by atoms with Crippen LogP contribution in [0.5, 0.6) is 0 Å². The van der Waals surface area contributed by atoms with Crippen LogP contribution in [0.2, 0.25) is 4.47 Å². The van der Waals surface area contributed by atoms with E-state index in [-0.39, 0.29) is 4.90 Å². The van der Waals surface area contributed by atoms with E-state index in [4.69, 9.17) is 11.6 Å². The van der Waals surface area contributed by atoms with Crippen LogP contribution in [0.1, 0.15) is 4.88 Å². The van der Waals surface area contributed by atoms with Crippen LogP contribution in [0.15, 0.2) is 59.6 Å². The molecule has 0 saturated carbocycles. The molecule has 6 nitrogen and oxygen atoms in total. The molecule has 1 heterocycles. The van der Waals surface area contributed by atoms with E-state index in [9.17, 15) is 13.0 Å². The molecule has 2 aromatic carbocycles. The number of hydrogen-bond acceptors (Lipinski definition) is 6. The molecule has 1 aromatic heterocycles. The number of nitrogens with zero attached hydrogens (tertiary/aromatic N) is 1. The number of halogens is 1. The average Bonchev–Trinajstić information content (AvgIpc) is 2.99. The van der Waals surface area contributed by atoms with Crippen LogP contribution in [0.3, 0.4) is 0 Å². The van der Waals surface area contributed by atoms with Crippen molar-refractivity contribution in [1.82, 2.24) is 4.98 Å². The molecule has 0 aliphatic heterocycles. The minimum absolute atomic E-state index is 0.184. The molecule has 0 spiro atoms. The van der Waals surface area contributed by atoms with E-state index in [2.05, 4.69) is 15.6 Å². The van der Waals surface area contributed by atoms with Crippen molar-refractivity contribution in [3.8, 4) is 0 Å². The van der Waals surface area contributed by atoms with Crippen molar-refractivity contribution in [2.24, 2.45) is 0 Å². The van der Waals surface area contributed by atoms with Gasteiger partial charge in [0.05, 0.1) is 22.8 Å². The van der Waals surface area contributed by atoms with Gasteiger partial charge in [0.25, 0.3) is 10.1 Å². The summed E-state index contributed by atoms with van der Waals surface area (Å²) in [5.74, 6) is 0. The van der Waals surface area contributed by atoms with Gasteiger partial charge in [-0.15, -0.1) is 11.3 Å². The summed E-state index contributed by atoms with van der Waals surface area (Å²) in [5.41, 5.74) is 2.06. The number of para-hydroxylation sites is 1. The predicted molar refractivity (Wildman–Crippen MR) is 100 cm³/mol. The number of benzene rings is 2. The zero-order valence-electron chi connectivity index (χ0n) is 12.8. The smallest absolute Gasteiger partial charge is 0.294 e. The Balaban J connectivity index is 1.90. The van der Waals surface area contributed by atoms with Crippen LogP contribution in [-0.4, -0.2) is 18.0 Å². The largest absolute Gasteiger partial charge is 0.378 e. The van der Waals surface area contributed by atoms with Crippen LogP contribution in [-0.2, 0) is 16.7 Å². The second-order valence-corrected chi connectivity index (χ2v) is 8.23. The molecule has 0 aliphatic carbocycles. The second kappa shape index (κ2) is 7.40. The Morgan fingerprint density at radius 2 is 1.88 bits per heavy atom. The predicted octanol–water partition coefficient (Wildman–Crippen LogP) is 4.40. The standard InChI is InChI=1S/C16H14ClN3O3S2/c17-16-19-10-12(24-16)9-18-15-8-13(25(21,22)23)6-7-14(15)20-11-4-2-1-3-5-11/h1-8,10,18,20H,9H2,(H,21,22,23). The maximum Gasteiger partial charge on any atom is 0.294 e. The van der Waals surface area contributed by atoms with Gasteiger partial charge in [-0.05, 0) is 30.3 Å². The van der Waals surface area contributed by atoms with Gasteiger partial charge in [0.15, 0.2) is 4.47 Å². The molecular formula is C16H14ClN3O3S2. The quantitative estimate of drug-likeness (QED) is 0.536. The number of hydrogen-bond donors (Lipinski definition) is 3. The third-order valence-electron chi connectivity index (χ3n) is 3.32. The molecule has 9 heteroatoms. The molecule has 0 bridgehead atoms. The molecule has 25 heavy (non-hydrogen) atoms. The molecule has 0 aliphatic rings. The SMILES string of the molecule is O=S(=O)(O)c1ccc(Nc2ccccc2)c(NCc2cnc(Cl)s2)c1. The van der Waals surface area contributed by atoms with Gasteiger partial charge in [0.2, 0.25) is 0 Å². The van der Waals surface area contributed by atoms with Crippen molar-refractivity contribution >= 4 is 50.1 Å². The Kier molecular flexibility index (Phi) is 5.24. The first-order valence-corrected chi connectivity index (χ1v) is 9.83. The zero-order valence-corrected chi connectivity index (χ0v) is 15.2. The Labute approximate surface area is 154 Å². The Hall–Kier alpha value is -2.13. The summed E-state index contributed by atoms with van der Waals surface area (Å²) in [6.07, 6.45) is 1.65. The molecule has 0 radical (unpaired) electrons. The molecule has 130 valence electrons. The Morgan fingerprint density at radius 3 is 2.52 bits per heavy atom. The van der Waals surface area contributed by atoms with Gasteiger partial charge in [-0.3, -0.25) is 4.55 Å². The Morgan fingerprint density at radius 1 is 1.12 bits per heavy atom. The number of rotatable bonds is 6. The van der Waals surface area contributed by atoms with Gasteiger partial charge < -0.3 is 10.6 Å². The molecule has 3 aromatic rings. The fraction of sp³-hybridized carbons (Fsp3) is 0.0625. The molecule has 3 rings (SSSR count). The van der Waals surface area contributed by atoms with Crippen LogP contribution >= 0.6 is 22.9 Å². The maximum absolute atomic E-state index is 11.4. The summed E-state index contributed by atoms with van der Waals surface area (Å²) in [4.78, 5) is 4.68. The second-order valence-electron chi connectivity index (χ2n) is 5.11. The van der Waals surface area contributed by atoms with Crippen molar-refractivity contribution in [2.75, 3.05) is 10.6 Å². The summed E-state index contributed by atoms with van der Waals surface area (Å²) < 4.78 is 32.5. The van der Waals surface area contributed by atoms with Gasteiger partial charge in [-0.1, -0.05) is 29.8 Å². The highest BCUT2D eigenvalue weighted by Crippen LogP contribution is 2.29. The number of thiazole rings is 1. The molecule has 0 saturated heterocycles. The average molecular weight is 396 g/mol. The van der Waals surface area contributed by atoms with Crippen molar-refractivity contribution in [3.63, 3.8) is 0 Å². The van der Waals surface area contributed by atoms with Crippen LogP contribution in [0.25, 0.3) is 0 Å². The first kappa shape index (κ1) is 17.7. The highest BCUT2D eigenvalue weighted by atomic mass is 35.5. The molecule has 0 fully saturated rings. The lowest BCUT2D eigenvalue weighted by molar-refractivity contribution is 0.483. The summed E-state index contributed by atoms with van der Waals surface area (Å²) in [5, 5.41) is 6.36. The topological polar surface area (TPSA) is 91.3 Å². The minimum atomic E-state index is -4.29. The van der Waals surface area contributed by atoms with Crippen molar-refractivity contribution < 1.29 is 13.0 Å². The molecule has 0 amide bonds. The molecule has 0 unspecified atom stereocenters. The van der Waals surface area contributed by atoms with Crippen molar-refractivity contribution in [3.05, 3.63) is 64.1 Å². The summed E-state index contributed by atoms with van der Waals surface area (Å²) in [6.45, 7) is 0.419. The van der Waals surface area contributed by atoms with Gasteiger partial charge in [0.1, 0.15) is 0 Å². The monoisotopic (exact) mass is 395 g/mol. The van der Waals surface area contributed by atoms with E-state index in [0.29, 0.717) is 22.4 Å².